The van der Waals surface area contributed by atoms with Crippen molar-refractivity contribution in [2.24, 2.45) is 0 Å². The van der Waals surface area contributed by atoms with Crippen molar-refractivity contribution >= 4 is 11.9 Å². The van der Waals surface area contributed by atoms with E-state index in [-0.39, 0.29) is 13.0 Å². The number of likely N-dealkylation sites (tertiary alicyclic amines) is 1. The minimum absolute atomic E-state index is 0.0893. The van der Waals surface area contributed by atoms with Crippen molar-refractivity contribution in [1.82, 2.24) is 4.90 Å². The molecule has 1 fully saturated rings. The maximum absolute atomic E-state index is 12.1. The Balaban J connectivity index is 2.89. The van der Waals surface area contributed by atoms with Gasteiger partial charge >= 0.3 is 12.4 Å². The lowest BCUT2D eigenvalue weighted by Crippen LogP contribution is -2.52. The van der Waals surface area contributed by atoms with Crippen molar-refractivity contribution in [2.45, 2.75) is 31.7 Å². The topological polar surface area (TPSA) is 57.6 Å². The van der Waals surface area contributed by atoms with Gasteiger partial charge in [0.15, 0.2) is 0 Å². The molecule has 1 aliphatic rings. The van der Waals surface area contributed by atoms with E-state index in [4.69, 9.17) is 5.11 Å². The van der Waals surface area contributed by atoms with Gasteiger partial charge in [-0.05, 0) is 19.8 Å². The highest BCUT2D eigenvalue weighted by molar-refractivity contribution is 5.88. The van der Waals surface area contributed by atoms with E-state index in [0.29, 0.717) is 6.42 Å². The van der Waals surface area contributed by atoms with Gasteiger partial charge in [-0.15, -0.1) is 0 Å². The second kappa shape index (κ2) is 3.51. The van der Waals surface area contributed by atoms with Gasteiger partial charge in [0.25, 0.3) is 5.91 Å². The van der Waals surface area contributed by atoms with Crippen LogP contribution in [0.25, 0.3) is 0 Å². The zero-order valence-corrected chi connectivity index (χ0v) is 7.67. The molecule has 1 aliphatic heterocycles. The molecule has 1 unspecified atom stereocenters. The molecule has 0 aromatic heterocycles. The summed E-state index contributed by atoms with van der Waals surface area (Å²) in [5, 5.41) is 8.83. The summed E-state index contributed by atoms with van der Waals surface area (Å²) in [6.45, 7) is 1.38. The number of amides is 1. The van der Waals surface area contributed by atoms with Gasteiger partial charge in [0, 0.05) is 6.54 Å². The number of carbonyl (C=O) groups is 2. The molecule has 4 nitrogen and oxygen atoms in total. The summed E-state index contributed by atoms with van der Waals surface area (Å²) in [5.74, 6) is -2.63. The van der Waals surface area contributed by atoms with Crippen LogP contribution in [-0.4, -0.2) is 40.4 Å². The number of carbonyl (C=O) groups excluding carboxylic acids is 1. The number of aliphatic carboxylic acids is 1. The van der Waals surface area contributed by atoms with Crippen LogP contribution in [0.2, 0.25) is 0 Å². The van der Waals surface area contributed by atoms with E-state index < -0.39 is 23.8 Å². The fourth-order valence-electron chi connectivity index (χ4n) is 1.66. The summed E-state index contributed by atoms with van der Waals surface area (Å²) in [6, 6.07) is 0. The fraction of sp³-hybridized carbons (Fsp3) is 0.750. The largest absolute Gasteiger partial charge is 0.480 e. The van der Waals surface area contributed by atoms with Gasteiger partial charge in [0.1, 0.15) is 5.54 Å². The van der Waals surface area contributed by atoms with Gasteiger partial charge in [-0.3, -0.25) is 4.79 Å². The van der Waals surface area contributed by atoms with Crippen molar-refractivity contribution in [3.63, 3.8) is 0 Å². The lowest BCUT2D eigenvalue weighted by molar-refractivity contribution is -0.160. The van der Waals surface area contributed by atoms with E-state index in [1.165, 1.54) is 6.92 Å². The highest BCUT2D eigenvalue weighted by Crippen LogP contribution is 2.30. The first-order valence-corrected chi connectivity index (χ1v) is 4.22. The number of rotatable bonds is 2. The van der Waals surface area contributed by atoms with Crippen molar-refractivity contribution in [3.8, 4) is 0 Å². The zero-order chi connectivity index (χ0) is 10.9. The second-order valence-electron chi connectivity index (χ2n) is 3.47. The van der Waals surface area contributed by atoms with E-state index in [0.717, 1.165) is 4.90 Å². The van der Waals surface area contributed by atoms with E-state index >= 15 is 0 Å². The highest BCUT2D eigenvalue weighted by atomic mass is 19.3. The minimum atomic E-state index is -3.13. The molecule has 6 heteroatoms. The van der Waals surface area contributed by atoms with E-state index in [9.17, 15) is 18.4 Å². The van der Waals surface area contributed by atoms with Crippen molar-refractivity contribution in [1.29, 1.82) is 0 Å². The van der Waals surface area contributed by atoms with Gasteiger partial charge in [-0.1, -0.05) is 0 Å². The van der Waals surface area contributed by atoms with Crippen LogP contribution in [0.3, 0.4) is 0 Å². The molecule has 80 valence electrons. The number of carboxylic acid groups (broad SMARTS) is 1. The highest BCUT2D eigenvalue weighted by Gasteiger charge is 2.47. The molecule has 0 bridgehead atoms. The molecule has 1 amide bonds. The molecule has 0 aliphatic carbocycles. The summed E-state index contributed by atoms with van der Waals surface area (Å²) in [6.07, 6.45) is -2.46. The molecule has 0 aromatic rings. The molecule has 1 saturated heterocycles. The number of hydrogen-bond donors (Lipinski definition) is 1. The predicted octanol–water partition coefficient (Wildman–Crippen LogP) is 0.717. The number of halogens is 2. The molecular formula is C8H11F2NO3. The lowest BCUT2D eigenvalue weighted by atomic mass is 9.99. The Labute approximate surface area is 79.5 Å². The van der Waals surface area contributed by atoms with Crippen molar-refractivity contribution in [2.75, 3.05) is 6.54 Å². The number of carboxylic acids is 1. The molecule has 14 heavy (non-hydrogen) atoms. The van der Waals surface area contributed by atoms with Crippen LogP contribution in [0.4, 0.5) is 8.78 Å². The molecule has 0 saturated carbocycles. The second-order valence-corrected chi connectivity index (χ2v) is 3.47. The summed E-state index contributed by atoms with van der Waals surface area (Å²) in [5.41, 5.74) is -1.46. The first kappa shape index (κ1) is 10.9. The average molecular weight is 207 g/mol. The molecule has 1 N–H and O–H groups in total. The lowest BCUT2D eigenvalue weighted by Gasteiger charge is -2.30. The Morgan fingerprint density at radius 3 is 2.50 bits per heavy atom. The van der Waals surface area contributed by atoms with Crippen LogP contribution in [0.1, 0.15) is 19.8 Å². The minimum Gasteiger partial charge on any atom is -0.480 e. The van der Waals surface area contributed by atoms with Gasteiger partial charge in [-0.25, -0.2) is 4.79 Å². The predicted molar refractivity (Wildman–Crippen MR) is 43.0 cm³/mol. The van der Waals surface area contributed by atoms with Crippen LogP contribution < -0.4 is 0 Å². The third-order valence-corrected chi connectivity index (χ3v) is 2.55. The monoisotopic (exact) mass is 207 g/mol. The van der Waals surface area contributed by atoms with Crippen molar-refractivity contribution in [3.05, 3.63) is 0 Å². The Hall–Kier alpha value is -1.20. The van der Waals surface area contributed by atoms with Gasteiger partial charge < -0.3 is 10.0 Å². The Morgan fingerprint density at radius 1 is 1.50 bits per heavy atom. The van der Waals surface area contributed by atoms with E-state index in [1.54, 1.807) is 0 Å². The summed E-state index contributed by atoms with van der Waals surface area (Å²) in [7, 11) is 0. The van der Waals surface area contributed by atoms with E-state index in [2.05, 4.69) is 0 Å². The normalized spacial score (nSPS) is 27.0. The molecule has 0 spiro atoms. The Morgan fingerprint density at radius 2 is 2.07 bits per heavy atom. The van der Waals surface area contributed by atoms with Crippen LogP contribution in [0.15, 0.2) is 0 Å². The number of hydrogen-bond acceptors (Lipinski definition) is 2. The summed E-state index contributed by atoms with van der Waals surface area (Å²) < 4.78 is 24.2. The molecule has 1 heterocycles. The van der Waals surface area contributed by atoms with Crippen LogP contribution in [0, 0.1) is 0 Å². The maximum atomic E-state index is 12.1. The van der Waals surface area contributed by atoms with E-state index in [1.807, 2.05) is 0 Å². The SMILES string of the molecule is CC1(C(=O)O)CCCN1C(=O)C(F)F. The maximum Gasteiger partial charge on any atom is 0.329 e. The fourth-order valence-corrected chi connectivity index (χ4v) is 1.66. The van der Waals surface area contributed by atoms with Gasteiger partial charge in [0.2, 0.25) is 0 Å². The smallest absolute Gasteiger partial charge is 0.329 e. The molecule has 0 aromatic carbocycles. The molecular weight excluding hydrogens is 196 g/mol. The third kappa shape index (κ3) is 1.56. The number of nitrogens with zero attached hydrogens (tertiary/aromatic N) is 1. The number of alkyl halides is 2. The molecule has 1 atom stereocenters. The first-order valence-electron chi connectivity index (χ1n) is 4.22. The standard InChI is InChI=1S/C8H11F2NO3/c1-8(7(13)14)3-2-4-11(8)6(12)5(9)10/h5H,2-4H2,1H3,(H,13,14). The molecule has 1 rings (SSSR count). The first-order chi connectivity index (χ1) is 6.39. The summed E-state index contributed by atoms with van der Waals surface area (Å²) in [4.78, 5) is 22.5. The molecule has 0 radical (unpaired) electrons. The van der Waals surface area contributed by atoms with Gasteiger partial charge in [-0.2, -0.15) is 8.78 Å². The zero-order valence-electron chi connectivity index (χ0n) is 7.67. The van der Waals surface area contributed by atoms with Gasteiger partial charge in [0.05, 0.1) is 0 Å². The third-order valence-electron chi connectivity index (χ3n) is 2.55. The quantitative estimate of drug-likeness (QED) is 0.725. The van der Waals surface area contributed by atoms with Crippen LogP contribution >= 0.6 is 0 Å². The Bertz CT molecular complexity index is 269. The van der Waals surface area contributed by atoms with Crippen molar-refractivity contribution < 1.29 is 23.5 Å². The van der Waals surface area contributed by atoms with Crippen LogP contribution in [-0.2, 0) is 9.59 Å². The Kier molecular flexibility index (Phi) is 2.73. The average Bonchev–Trinajstić information content (AvgIpc) is 2.47. The summed E-state index contributed by atoms with van der Waals surface area (Å²) >= 11 is 0. The van der Waals surface area contributed by atoms with Crippen LogP contribution in [0.5, 0.6) is 0 Å².